The number of amides is 2. The number of nitrogens with one attached hydrogen (secondary N) is 2. The minimum atomic E-state index is -1.31. The third-order valence-corrected chi connectivity index (χ3v) is 5.59. The van der Waals surface area contributed by atoms with Gasteiger partial charge in [0, 0.05) is 12.2 Å². The van der Waals surface area contributed by atoms with E-state index in [4.69, 9.17) is 4.74 Å². The fourth-order valence-electron chi connectivity index (χ4n) is 3.61. The van der Waals surface area contributed by atoms with E-state index in [9.17, 15) is 14.7 Å². The Morgan fingerprint density at radius 2 is 1.50 bits per heavy atom. The van der Waals surface area contributed by atoms with Crippen LogP contribution in [0, 0.1) is 0 Å². The standard InChI is InChI=1S/C30H36N2O4/c1-29(2,3)24-14-12-21(13-15-24)22-8-7-9-23(18-22)26(33)27(34)32-25-16-10-20(11-17-25)19-31-28(35)36-30(4,5)6/h7-18,26,33H,19H2,1-6H3,(H,31,35)(H,32,34). The second-order valence-corrected chi connectivity index (χ2v) is 10.9. The summed E-state index contributed by atoms with van der Waals surface area (Å²) in [6.07, 6.45) is -1.80. The van der Waals surface area contributed by atoms with Crippen LogP contribution in [0.4, 0.5) is 10.5 Å². The maximum Gasteiger partial charge on any atom is 0.407 e. The van der Waals surface area contributed by atoms with Crippen molar-refractivity contribution in [3.05, 3.63) is 89.5 Å². The van der Waals surface area contributed by atoms with Crippen molar-refractivity contribution in [1.82, 2.24) is 5.32 Å². The number of aliphatic hydroxyl groups excluding tert-OH is 1. The maximum absolute atomic E-state index is 12.7. The molecule has 0 radical (unpaired) electrons. The molecule has 0 aromatic heterocycles. The van der Waals surface area contributed by atoms with E-state index in [2.05, 4.69) is 55.7 Å². The Hall–Kier alpha value is -3.64. The van der Waals surface area contributed by atoms with Crippen molar-refractivity contribution < 1.29 is 19.4 Å². The quantitative estimate of drug-likeness (QED) is 0.377. The molecular formula is C30H36N2O4. The molecular weight excluding hydrogens is 452 g/mol. The minimum Gasteiger partial charge on any atom is -0.444 e. The lowest BCUT2D eigenvalue weighted by Crippen LogP contribution is -2.32. The van der Waals surface area contributed by atoms with E-state index in [1.165, 1.54) is 5.56 Å². The van der Waals surface area contributed by atoms with Crippen LogP contribution in [0.2, 0.25) is 0 Å². The highest BCUT2D eigenvalue weighted by Gasteiger charge is 2.19. The second-order valence-electron chi connectivity index (χ2n) is 10.9. The van der Waals surface area contributed by atoms with E-state index in [0.717, 1.165) is 16.7 Å². The van der Waals surface area contributed by atoms with E-state index in [0.29, 0.717) is 17.8 Å². The lowest BCUT2D eigenvalue weighted by molar-refractivity contribution is -0.124. The summed E-state index contributed by atoms with van der Waals surface area (Å²) in [5.74, 6) is -0.519. The van der Waals surface area contributed by atoms with Gasteiger partial charge in [0.25, 0.3) is 5.91 Å². The predicted octanol–water partition coefficient (Wildman–Crippen LogP) is 6.35. The Morgan fingerprint density at radius 3 is 2.08 bits per heavy atom. The van der Waals surface area contributed by atoms with E-state index >= 15 is 0 Å². The van der Waals surface area contributed by atoms with Gasteiger partial charge in [-0.05, 0) is 72.2 Å². The molecule has 2 amide bonds. The molecule has 3 aromatic rings. The van der Waals surface area contributed by atoms with Gasteiger partial charge in [0.1, 0.15) is 5.60 Å². The van der Waals surface area contributed by atoms with Gasteiger partial charge in [-0.25, -0.2) is 4.79 Å². The van der Waals surface area contributed by atoms with Crippen LogP contribution in [-0.4, -0.2) is 22.7 Å². The highest BCUT2D eigenvalue weighted by atomic mass is 16.6. The molecule has 6 heteroatoms. The zero-order valence-corrected chi connectivity index (χ0v) is 21.9. The monoisotopic (exact) mass is 488 g/mol. The fourth-order valence-corrected chi connectivity index (χ4v) is 3.61. The molecule has 0 saturated heterocycles. The molecule has 0 saturated carbocycles. The normalized spacial score (nSPS) is 12.5. The molecule has 0 bridgehead atoms. The largest absolute Gasteiger partial charge is 0.444 e. The van der Waals surface area contributed by atoms with Gasteiger partial charge in [-0.15, -0.1) is 0 Å². The first kappa shape index (κ1) is 27.0. The van der Waals surface area contributed by atoms with Crippen molar-refractivity contribution >= 4 is 17.7 Å². The van der Waals surface area contributed by atoms with Gasteiger partial charge >= 0.3 is 6.09 Å². The number of benzene rings is 3. The van der Waals surface area contributed by atoms with Gasteiger partial charge in [0.05, 0.1) is 0 Å². The van der Waals surface area contributed by atoms with E-state index < -0.39 is 23.7 Å². The Morgan fingerprint density at radius 1 is 0.861 bits per heavy atom. The number of carbonyl (C=O) groups excluding carboxylic acids is 2. The van der Waals surface area contributed by atoms with Gasteiger partial charge in [0.15, 0.2) is 6.10 Å². The van der Waals surface area contributed by atoms with Crippen LogP contribution < -0.4 is 10.6 Å². The van der Waals surface area contributed by atoms with Gasteiger partial charge in [-0.3, -0.25) is 4.79 Å². The first-order valence-electron chi connectivity index (χ1n) is 12.1. The van der Waals surface area contributed by atoms with Gasteiger partial charge < -0.3 is 20.5 Å². The lowest BCUT2D eigenvalue weighted by Gasteiger charge is -2.19. The number of rotatable bonds is 6. The molecule has 0 aliphatic heterocycles. The molecule has 0 aliphatic rings. The van der Waals surface area contributed by atoms with E-state index in [1.54, 1.807) is 51.1 Å². The molecule has 3 N–H and O–H groups in total. The molecule has 3 aromatic carbocycles. The van der Waals surface area contributed by atoms with Crippen LogP contribution in [-0.2, 0) is 21.5 Å². The third kappa shape index (κ3) is 7.68. The van der Waals surface area contributed by atoms with Gasteiger partial charge in [-0.2, -0.15) is 0 Å². The fraction of sp³-hybridized carbons (Fsp3) is 0.333. The summed E-state index contributed by atoms with van der Waals surface area (Å²) < 4.78 is 5.22. The molecule has 36 heavy (non-hydrogen) atoms. The van der Waals surface area contributed by atoms with Crippen molar-refractivity contribution in [1.29, 1.82) is 0 Å². The van der Waals surface area contributed by atoms with Crippen LogP contribution in [0.3, 0.4) is 0 Å². The Labute approximate surface area is 213 Å². The SMILES string of the molecule is CC(C)(C)OC(=O)NCc1ccc(NC(=O)C(O)c2cccc(-c3ccc(C(C)(C)C)cc3)c2)cc1. The highest BCUT2D eigenvalue weighted by Crippen LogP contribution is 2.28. The van der Waals surface area contributed by atoms with Crippen LogP contribution in [0.25, 0.3) is 11.1 Å². The summed E-state index contributed by atoms with van der Waals surface area (Å²) in [6.45, 7) is 12.2. The first-order valence-corrected chi connectivity index (χ1v) is 12.1. The maximum atomic E-state index is 12.7. The Balaban J connectivity index is 1.61. The number of ether oxygens (including phenoxy) is 1. The first-order chi connectivity index (χ1) is 16.8. The Kier molecular flexibility index (Phi) is 8.21. The average molecular weight is 489 g/mol. The van der Waals surface area contributed by atoms with E-state index in [-0.39, 0.29) is 5.41 Å². The zero-order chi connectivity index (χ0) is 26.5. The number of anilines is 1. The summed E-state index contributed by atoms with van der Waals surface area (Å²) in [4.78, 5) is 24.5. The second kappa shape index (κ2) is 11.0. The summed E-state index contributed by atoms with van der Waals surface area (Å²) in [7, 11) is 0. The molecule has 1 unspecified atom stereocenters. The highest BCUT2D eigenvalue weighted by molar-refractivity contribution is 5.94. The third-order valence-electron chi connectivity index (χ3n) is 5.59. The molecule has 1 atom stereocenters. The molecule has 0 fully saturated rings. The van der Waals surface area contributed by atoms with E-state index in [1.807, 2.05) is 18.2 Å². The van der Waals surface area contributed by atoms with Crippen molar-refractivity contribution in [3.8, 4) is 11.1 Å². The van der Waals surface area contributed by atoms with Crippen LogP contribution in [0.1, 0.15) is 64.3 Å². The molecule has 0 aliphatic carbocycles. The number of alkyl carbamates (subject to hydrolysis) is 1. The summed E-state index contributed by atoms with van der Waals surface area (Å²) >= 11 is 0. The van der Waals surface area contributed by atoms with Crippen LogP contribution in [0.5, 0.6) is 0 Å². The van der Waals surface area contributed by atoms with Crippen molar-refractivity contribution in [2.75, 3.05) is 5.32 Å². The summed E-state index contributed by atoms with van der Waals surface area (Å²) in [5, 5.41) is 16.1. The molecule has 6 nitrogen and oxygen atoms in total. The zero-order valence-electron chi connectivity index (χ0n) is 21.9. The summed E-state index contributed by atoms with van der Waals surface area (Å²) in [6, 6.07) is 22.8. The number of hydrogen-bond donors (Lipinski definition) is 3. The van der Waals surface area contributed by atoms with Crippen molar-refractivity contribution in [3.63, 3.8) is 0 Å². The minimum absolute atomic E-state index is 0.0709. The van der Waals surface area contributed by atoms with Crippen molar-refractivity contribution in [2.45, 2.75) is 65.2 Å². The molecule has 3 rings (SSSR count). The van der Waals surface area contributed by atoms with Crippen LogP contribution >= 0.6 is 0 Å². The van der Waals surface area contributed by atoms with Gasteiger partial charge in [-0.1, -0.05) is 75.4 Å². The predicted molar refractivity (Wildman–Crippen MR) is 144 cm³/mol. The lowest BCUT2D eigenvalue weighted by atomic mass is 9.86. The Bertz CT molecular complexity index is 1190. The average Bonchev–Trinajstić information content (AvgIpc) is 2.81. The smallest absolute Gasteiger partial charge is 0.407 e. The number of hydrogen-bond acceptors (Lipinski definition) is 4. The molecule has 0 heterocycles. The number of aliphatic hydroxyl groups is 1. The summed E-state index contributed by atoms with van der Waals surface area (Å²) in [5.41, 5.74) is 4.63. The topological polar surface area (TPSA) is 87.7 Å². The van der Waals surface area contributed by atoms with Crippen molar-refractivity contribution in [2.24, 2.45) is 0 Å². The number of carbonyl (C=O) groups is 2. The van der Waals surface area contributed by atoms with Crippen LogP contribution in [0.15, 0.2) is 72.8 Å². The van der Waals surface area contributed by atoms with Gasteiger partial charge in [0.2, 0.25) is 0 Å². The molecule has 0 spiro atoms. The molecule has 190 valence electrons.